The van der Waals surface area contributed by atoms with Crippen molar-refractivity contribution in [2.45, 2.75) is 70.6 Å². The predicted molar refractivity (Wildman–Crippen MR) is 86.5 cm³/mol. The molecule has 0 heterocycles. The van der Waals surface area contributed by atoms with E-state index in [1.807, 2.05) is 0 Å². The second kappa shape index (κ2) is 9.09. The average molecular weight is 298 g/mol. The second-order valence-electron chi connectivity index (χ2n) is 6.85. The van der Waals surface area contributed by atoms with Crippen LogP contribution in [0.2, 0.25) is 0 Å². The van der Waals surface area contributed by atoms with Crippen LogP contribution in [0.4, 0.5) is 0 Å². The van der Waals surface area contributed by atoms with Gasteiger partial charge >= 0.3 is 0 Å². The van der Waals surface area contributed by atoms with Crippen molar-refractivity contribution in [1.29, 1.82) is 0 Å². The molecule has 2 aliphatic carbocycles. The van der Waals surface area contributed by atoms with Crippen molar-refractivity contribution in [2.24, 2.45) is 5.92 Å². The van der Waals surface area contributed by atoms with E-state index >= 15 is 0 Å². The molecule has 2 aliphatic rings. The number of nitrogens with zero attached hydrogens (tertiary/aromatic N) is 1. The summed E-state index contributed by atoms with van der Waals surface area (Å²) in [6.45, 7) is 8.80. The van der Waals surface area contributed by atoms with E-state index in [-0.39, 0.29) is 6.10 Å². The summed E-state index contributed by atoms with van der Waals surface area (Å²) in [6, 6.07) is 0.831. The Hall–Kier alpha value is -0.160. The molecule has 0 amide bonds. The lowest BCUT2D eigenvalue weighted by Gasteiger charge is -2.29. The lowest BCUT2D eigenvalue weighted by molar-refractivity contribution is -0.0451. The summed E-state index contributed by atoms with van der Waals surface area (Å²) in [4.78, 5) is 2.53. The fourth-order valence-corrected chi connectivity index (χ4v) is 3.35. The van der Waals surface area contributed by atoms with E-state index in [9.17, 15) is 5.11 Å². The third kappa shape index (κ3) is 6.23. The molecule has 0 radical (unpaired) electrons. The maximum atomic E-state index is 10.0. The maximum absolute atomic E-state index is 10.0. The minimum absolute atomic E-state index is 0.360. The smallest absolute Gasteiger partial charge is 0.0897 e. The van der Waals surface area contributed by atoms with Crippen LogP contribution in [-0.4, -0.2) is 61.0 Å². The van der Waals surface area contributed by atoms with Gasteiger partial charge in [0.1, 0.15) is 0 Å². The van der Waals surface area contributed by atoms with Crippen LogP contribution >= 0.6 is 0 Å². The number of hydrogen-bond donors (Lipinski definition) is 2. The van der Waals surface area contributed by atoms with Crippen LogP contribution in [0, 0.1) is 5.92 Å². The Kier molecular flexibility index (Phi) is 7.44. The minimum Gasteiger partial charge on any atom is -0.389 e. The van der Waals surface area contributed by atoms with Crippen molar-refractivity contribution in [3.63, 3.8) is 0 Å². The molecule has 0 bridgehead atoms. The first-order valence-corrected chi connectivity index (χ1v) is 8.95. The van der Waals surface area contributed by atoms with Gasteiger partial charge in [-0.15, -0.1) is 0 Å². The molecule has 124 valence electrons. The van der Waals surface area contributed by atoms with Crippen LogP contribution in [0.3, 0.4) is 0 Å². The van der Waals surface area contributed by atoms with Crippen LogP contribution in [0.15, 0.2) is 0 Å². The van der Waals surface area contributed by atoms with Crippen molar-refractivity contribution < 1.29 is 9.84 Å². The molecule has 3 atom stereocenters. The highest BCUT2D eigenvalue weighted by Crippen LogP contribution is 2.26. The van der Waals surface area contributed by atoms with Gasteiger partial charge in [0.2, 0.25) is 0 Å². The van der Waals surface area contributed by atoms with Crippen LogP contribution in [0.25, 0.3) is 0 Å². The predicted octanol–water partition coefficient (Wildman–Crippen LogP) is 2.02. The van der Waals surface area contributed by atoms with Gasteiger partial charge < -0.3 is 15.2 Å². The Morgan fingerprint density at radius 1 is 1.24 bits per heavy atom. The van der Waals surface area contributed by atoms with Gasteiger partial charge in [-0.05, 0) is 38.1 Å². The molecule has 0 aromatic heterocycles. The Bertz CT molecular complexity index is 284. The third-order valence-corrected chi connectivity index (χ3v) is 4.96. The standard InChI is InChI=1S/C17H34N2O2/c1-3-19(15-8-9-15)11-10-18-12-16(20)13-21-17-7-5-4-6-14(17)2/h14-18,20H,3-13H2,1-2H3. The fraction of sp³-hybridized carbons (Fsp3) is 1.00. The summed E-state index contributed by atoms with van der Waals surface area (Å²) in [5.41, 5.74) is 0. The number of rotatable bonds is 10. The van der Waals surface area contributed by atoms with Crippen molar-refractivity contribution in [3.8, 4) is 0 Å². The first kappa shape index (κ1) is 17.2. The zero-order valence-corrected chi connectivity index (χ0v) is 13.9. The number of ether oxygens (including phenoxy) is 1. The quantitative estimate of drug-likeness (QED) is 0.606. The largest absolute Gasteiger partial charge is 0.389 e. The van der Waals surface area contributed by atoms with E-state index in [1.54, 1.807) is 0 Å². The molecule has 0 aliphatic heterocycles. The first-order chi connectivity index (χ1) is 10.2. The van der Waals surface area contributed by atoms with E-state index in [0.29, 0.717) is 25.2 Å². The monoisotopic (exact) mass is 298 g/mol. The van der Waals surface area contributed by atoms with Gasteiger partial charge in [0.25, 0.3) is 0 Å². The van der Waals surface area contributed by atoms with Gasteiger partial charge in [0.15, 0.2) is 0 Å². The van der Waals surface area contributed by atoms with Gasteiger partial charge in [-0.3, -0.25) is 4.90 Å². The van der Waals surface area contributed by atoms with Crippen molar-refractivity contribution >= 4 is 0 Å². The zero-order valence-electron chi connectivity index (χ0n) is 13.9. The zero-order chi connectivity index (χ0) is 15.1. The molecule has 2 rings (SSSR count). The van der Waals surface area contributed by atoms with E-state index in [1.165, 1.54) is 32.1 Å². The molecule has 0 aromatic carbocycles. The first-order valence-electron chi connectivity index (χ1n) is 8.95. The van der Waals surface area contributed by atoms with Crippen LogP contribution < -0.4 is 5.32 Å². The molecule has 2 fully saturated rings. The minimum atomic E-state index is -0.380. The van der Waals surface area contributed by atoms with E-state index in [4.69, 9.17) is 4.74 Å². The Balaban J connectivity index is 1.49. The molecule has 4 heteroatoms. The molecule has 0 aromatic rings. The molecule has 21 heavy (non-hydrogen) atoms. The van der Waals surface area contributed by atoms with Gasteiger partial charge in [0, 0.05) is 25.7 Å². The van der Waals surface area contributed by atoms with E-state index in [2.05, 4.69) is 24.1 Å². The Labute approximate surface area is 130 Å². The third-order valence-electron chi connectivity index (χ3n) is 4.96. The number of likely N-dealkylation sites (N-methyl/N-ethyl adjacent to an activating group) is 1. The molecule has 2 saturated carbocycles. The molecule has 4 nitrogen and oxygen atoms in total. The Morgan fingerprint density at radius 2 is 2.00 bits per heavy atom. The van der Waals surface area contributed by atoms with Gasteiger partial charge in [-0.2, -0.15) is 0 Å². The van der Waals surface area contributed by atoms with Gasteiger partial charge in [0.05, 0.1) is 18.8 Å². The molecular weight excluding hydrogens is 264 g/mol. The van der Waals surface area contributed by atoms with Gasteiger partial charge in [-0.25, -0.2) is 0 Å². The molecule has 0 saturated heterocycles. The lowest BCUT2D eigenvalue weighted by Crippen LogP contribution is -2.38. The highest BCUT2D eigenvalue weighted by molar-refractivity contribution is 4.84. The molecule has 3 unspecified atom stereocenters. The number of aliphatic hydroxyl groups is 1. The number of aliphatic hydroxyl groups excluding tert-OH is 1. The molecule has 2 N–H and O–H groups in total. The highest BCUT2D eigenvalue weighted by atomic mass is 16.5. The normalized spacial score (nSPS) is 28.0. The Morgan fingerprint density at radius 3 is 2.67 bits per heavy atom. The average Bonchev–Trinajstić information content (AvgIpc) is 3.31. The topological polar surface area (TPSA) is 44.7 Å². The fourth-order valence-electron chi connectivity index (χ4n) is 3.35. The highest BCUT2D eigenvalue weighted by Gasteiger charge is 2.27. The van der Waals surface area contributed by atoms with E-state index in [0.717, 1.165) is 32.1 Å². The molecule has 0 spiro atoms. The van der Waals surface area contributed by atoms with Crippen LogP contribution in [0.1, 0.15) is 52.4 Å². The summed E-state index contributed by atoms with van der Waals surface area (Å²) < 4.78 is 5.90. The SMILES string of the molecule is CCN(CCNCC(O)COC1CCCCC1C)C1CC1. The van der Waals surface area contributed by atoms with Crippen LogP contribution in [-0.2, 0) is 4.74 Å². The summed E-state index contributed by atoms with van der Waals surface area (Å²) in [5.74, 6) is 0.649. The van der Waals surface area contributed by atoms with Crippen molar-refractivity contribution in [1.82, 2.24) is 10.2 Å². The number of nitrogens with one attached hydrogen (secondary N) is 1. The van der Waals surface area contributed by atoms with Crippen molar-refractivity contribution in [3.05, 3.63) is 0 Å². The van der Waals surface area contributed by atoms with E-state index < -0.39 is 0 Å². The van der Waals surface area contributed by atoms with Gasteiger partial charge in [-0.1, -0.05) is 26.7 Å². The second-order valence-corrected chi connectivity index (χ2v) is 6.85. The maximum Gasteiger partial charge on any atom is 0.0897 e. The van der Waals surface area contributed by atoms with Crippen molar-refractivity contribution in [2.75, 3.05) is 32.8 Å². The summed E-state index contributed by atoms with van der Waals surface area (Å²) in [7, 11) is 0. The lowest BCUT2D eigenvalue weighted by atomic mass is 9.88. The summed E-state index contributed by atoms with van der Waals surface area (Å²) in [5, 5.41) is 13.4. The molecular formula is C17H34N2O2. The summed E-state index contributed by atoms with van der Waals surface area (Å²) >= 11 is 0. The van der Waals surface area contributed by atoms with Crippen LogP contribution in [0.5, 0.6) is 0 Å². The summed E-state index contributed by atoms with van der Waals surface area (Å²) in [6.07, 6.45) is 7.75. The number of hydrogen-bond acceptors (Lipinski definition) is 4.